The smallest absolute Gasteiger partial charge is 0.136 e. The Morgan fingerprint density at radius 2 is 1.26 bits per heavy atom. The molecule has 0 saturated heterocycles. The Balaban J connectivity index is 1.31. The maximum atomic E-state index is 7.09. The molecule has 10 rings (SSSR count). The van der Waals surface area contributed by atoms with Crippen LogP contribution in [0, 0.1) is 0 Å². The van der Waals surface area contributed by atoms with Crippen LogP contribution in [0.3, 0.4) is 0 Å². The molecular formula is C43H28ClNO. The number of furan rings is 1. The van der Waals surface area contributed by atoms with E-state index < -0.39 is 0 Å². The highest BCUT2D eigenvalue weighted by Crippen LogP contribution is 2.52. The van der Waals surface area contributed by atoms with Gasteiger partial charge in [0.1, 0.15) is 11.2 Å². The monoisotopic (exact) mass is 609 g/mol. The van der Waals surface area contributed by atoms with Crippen molar-refractivity contribution in [3.63, 3.8) is 0 Å². The van der Waals surface area contributed by atoms with Crippen molar-refractivity contribution in [2.75, 3.05) is 0 Å². The van der Waals surface area contributed by atoms with Gasteiger partial charge in [-0.2, -0.15) is 0 Å². The number of aromatic nitrogens is 1. The summed E-state index contributed by atoms with van der Waals surface area (Å²) in [5.74, 6) is 0. The second kappa shape index (κ2) is 9.13. The molecular weight excluding hydrogens is 582 g/mol. The summed E-state index contributed by atoms with van der Waals surface area (Å²) in [5.41, 5.74) is 12.3. The Labute approximate surface area is 271 Å². The van der Waals surface area contributed by atoms with Gasteiger partial charge in [-0.1, -0.05) is 104 Å². The minimum Gasteiger partial charge on any atom is -0.456 e. The molecule has 0 bridgehead atoms. The zero-order chi connectivity index (χ0) is 30.7. The number of fused-ring (bicyclic) bond motifs is 12. The van der Waals surface area contributed by atoms with Crippen LogP contribution in [-0.4, -0.2) is 4.57 Å². The second-order valence-corrected chi connectivity index (χ2v) is 13.5. The van der Waals surface area contributed by atoms with E-state index in [0.717, 1.165) is 38.2 Å². The number of para-hydroxylation sites is 1. The molecule has 0 fully saturated rings. The number of rotatable bonds is 1. The highest BCUT2D eigenvalue weighted by molar-refractivity contribution is 6.34. The van der Waals surface area contributed by atoms with E-state index in [4.69, 9.17) is 16.0 Å². The lowest BCUT2D eigenvalue weighted by Crippen LogP contribution is -2.20. The van der Waals surface area contributed by atoms with Crippen molar-refractivity contribution < 1.29 is 4.42 Å². The first-order valence-electron chi connectivity index (χ1n) is 15.8. The molecule has 3 heteroatoms. The molecule has 46 heavy (non-hydrogen) atoms. The summed E-state index contributed by atoms with van der Waals surface area (Å²) in [4.78, 5) is 0. The number of benzene rings is 7. The van der Waals surface area contributed by atoms with Gasteiger partial charge in [-0.05, 0) is 93.2 Å². The van der Waals surface area contributed by atoms with Crippen LogP contribution < -0.4 is 0 Å². The molecule has 0 spiro atoms. The van der Waals surface area contributed by atoms with Gasteiger partial charge in [-0.25, -0.2) is 0 Å². The fourth-order valence-corrected chi connectivity index (χ4v) is 8.31. The van der Waals surface area contributed by atoms with E-state index in [1.807, 2.05) is 6.07 Å². The largest absolute Gasteiger partial charge is 0.456 e. The molecule has 2 heterocycles. The number of hydrogen-bond acceptors (Lipinski definition) is 1. The van der Waals surface area contributed by atoms with E-state index in [9.17, 15) is 0 Å². The van der Waals surface area contributed by atoms with Crippen LogP contribution in [0.5, 0.6) is 0 Å². The van der Waals surface area contributed by atoms with Gasteiger partial charge in [0.25, 0.3) is 0 Å². The fraction of sp³-hybridized carbons (Fsp3) is 0.0698. The standard InChI is InChI=1S/C43H28ClNO/c1-43(2)35-15-7-5-12-28(35)30-14-9-16-37(44)42(30)34-23-31-29-13-6-8-17-38(29)45(39(31)24-36(34)43)27-18-19-40-33(22-27)32-20-25-10-3-4-11-26(25)21-41(32)46-40/h3-24H,1-2H3. The third kappa shape index (κ3) is 3.42. The number of halogens is 1. The molecule has 0 unspecified atom stereocenters. The van der Waals surface area contributed by atoms with Crippen molar-refractivity contribution in [2.24, 2.45) is 0 Å². The Morgan fingerprint density at radius 1 is 0.522 bits per heavy atom. The van der Waals surface area contributed by atoms with Gasteiger partial charge in [0.2, 0.25) is 0 Å². The Morgan fingerprint density at radius 3 is 2.15 bits per heavy atom. The molecule has 1 aliphatic carbocycles. The molecule has 2 aromatic heterocycles. The lowest BCUT2D eigenvalue weighted by Gasteiger charge is -2.28. The third-order valence-electron chi connectivity index (χ3n) is 10.2. The molecule has 218 valence electrons. The van der Waals surface area contributed by atoms with Gasteiger partial charge >= 0.3 is 0 Å². The second-order valence-electron chi connectivity index (χ2n) is 13.1. The molecule has 1 aliphatic rings. The van der Waals surface area contributed by atoms with Gasteiger partial charge < -0.3 is 8.98 Å². The SMILES string of the molecule is CC1(C)c2ccccc2-c2cccc(Cl)c2-c2cc3c4ccccc4n(-c4ccc5oc6cc7ccccc7cc6c5c4)c3cc21. The molecule has 0 N–H and O–H groups in total. The first-order chi connectivity index (χ1) is 22.5. The average Bonchev–Trinajstić information content (AvgIpc) is 3.58. The molecule has 7 aromatic carbocycles. The van der Waals surface area contributed by atoms with Crippen molar-refractivity contribution in [3.8, 4) is 27.9 Å². The normalized spacial score (nSPS) is 13.7. The summed E-state index contributed by atoms with van der Waals surface area (Å²) in [6.07, 6.45) is 0. The van der Waals surface area contributed by atoms with Gasteiger partial charge in [0.05, 0.1) is 11.0 Å². The maximum absolute atomic E-state index is 7.09. The van der Waals surface area contributed by atoms with Crippen molar-refractivity contribution in [3.05, 3.63) is 150 Å². The van der Waals surface area contributed by atoms with E-state index in [1.165, 1.54) is 60.4 Å². The maximum Gasteiger partial charge on any atom is 0.136 e. The fourth-order valence-electron chi connectivity index (χ4n) is 8.04. The summed E-state index contributed by atoms with van der Waals surface area (Å²) >= 11 is 7.09. The summed E-state index contributed by atoms with van der Waals surface area (Å²) in [5, 5.41) is 7.86. The predicted octanol–water partition coefficient (Wildman–Crippen LogP) is 12.5. The van der Waals surface area contributed by atoms with Crippen LogP contribution in [0.15, 0.2) is 138 Å². The predicted molar refractivity (Wildman–Crippen MR) is 194 cm³/mol. The zero-order valence-corrected chi connectivity index (χ0v) is 26.2. The quantitative estimate of drug-likeness (QED) is 0.181. The lowest BCUT2D eigenvalue weighted by atomic mass is 9.75. The molecule has 0 radical (unpaired) electrons. The Hall–Kier alpha value is -5.31. The highest BCUT2D eigenvalue weighted by Gasteiger charge is 2.35. The average molecular weight is 610 g/mol. The van der Waals surface area contributed by atoms with Crippen molar-refractivity contribution in [1.82, 2.24) is 4.57 Å². The summed E-state index contributed by atoms with van der Waals surface area (Å²) < 4.78 is 8.80. The van der Waals surface area contributed by atoms with Crippen molar-refractivity contribution in [2.45, 2.75) is 19.3 Å². The summed E-state index contributed by atoms with van der Waals surface area (Å²) in [7, 11) is 0. The molecule has 9 aromatic rings. The topological polar surface area (TPSA) is 18.1 Å². The molecule has 0 atom stereocenters. The summed E-state index contributed by atoms with van der Waals surface area (Å²) in [6.45, 7) is 4.69. The van der Waals surface area contributed by atoms with Crippen molar-refractivity contribution >= 4 is 66.1 Å². The van der Waals surface area contributed by atoms with Crippen LogP contribution >= 0.6 is 11.6 Å². The van der Waals surface area contributed by atoms with E-state index in [2.05, 4.69) is 146 Å². The van der Waals surface area contributed by atoms with E-state index >= 15 is 0 Å². The molecule has 0 amide bonds. The van der Waals surface area contributed by atoms with E-state index in [-0.39, 0.29) is 5.41 Å². The first-order valence-corrected chi connectivity index (χ1v) is 16.2. The molecule has 0 aliphatic heterocycles. The summed E-state index contributed by atoms with van der Waals surface area (Å²) in [6, 6.07) is 48.1. The van der Waals surface area contributed by atoms with E-state index in [1.54, 1.807) is 0 Å². The third-order valence-corrected chi connectivity index (χ3v) is 10.6. The highest BCUT2D eigenvalue weighted by atomic mass is 35.5. The minimum absolute atomic E-state index is 0.268. The van der Waals surface area contributed by atoms with Crippen LogP contribution in [0.1, 0.15) is 25.0 Å². The van der Waals surface area contributed by atoms with Crippen LogP contribution in [-0.2, 0) is 5.41 Å². The van der Waals surface area contributed by atoms with Crippen LogP contribution in [0.25, 0.3) is 82.5 Å². The van der Waals surface area contributed by atoms with E-state index in [0.29, 0.717) is 0 Å². The van der Waals surface area contributed by atoms with Crippen LogP contribution in [0.4, 0.5) is 0 Å². The first kappa shape index (κ1) is 26.0. The molecule has 0 saturated carbocycles. The van der Waals surface area contributed by atoms with Crippen LogP contribution in [0.2, 0.25) is 5.02 Å². The van der Waals surface area contributed by atoms with Gasteiger partial charge in [0, 0.05) is 43.2 Å². The Bertz CT molecular complexity index is 2740. The molecule has 2 nitrogen and oxygen atoms in total. The zero-order valence-electron chi connectivity index (χ0n) is 25.4. The Kier molecular flexibility index (Phi) is 5.15. The minimum atomic E-state index is -0.268. The lowest BCUT2D eigenvalue weighted by molar-refractivity contribution is 0.647. The van der Waals surface area contributed by atoms with Gasteiger partial charge in [-0.3, -0.25) is 0 Å². The van der Waals surface area contributed by atoms with Gasteiger partial charge in [0.15, 0.2) is 0 Å². The number of hydrogen-bond donors (Lipinski definition) is 0. The number of nitrogens with zero attached hydrogens (tertiary/aromatic N) is 1. The van der Waals surface area contributed by atoms with Gasteiger partial charge in [-0.15, -0.1) is 0 Å². The van der Waals surface area contributed by atoms with Crippen molar-refractivity contribution in [1.29, 1.82) is 0 Å².